The zero-order valence-corrected chi connectivity index (χ0v) is 11.3. The van der Waals surface area contributed by atoms with Crippen LogP contribution < -0.4 is 0 Å². The smallest absolute Gasteiger partial charge is 0.236 e. The largest absolute Gasteiger partial charge is 0.469 e. The van der Waals surface area contributed by atoms with E-state index in [0.29, 0.717) is 12.8 Å². The first-order valence-corrected chi connectivity index (χ1v) is 6.32. The summed E-state index contributed by atoms with van der Waals surface area (Å²) in [4.78, 5) is 35.0. The molecule has 0 aliphatic rings. The summed E-state index contributed by atoms with van der Waals surface area (Å²) in [6.07, 6.45) is 4.01. The number of hydrogen-bond donors (Lipinski definition) is 0. The standard InChI is InChI=1S/C14H19NO4/c1-11(16)10-14(18)15(2)13(17)8-4-3-6-12-7-5-9-19-12/h5,7,9H,3-4,6,8,10H2,1-2H3. The Balaban J connectivity index is 2.23. The lowest BCUT2D eigenvalue weighted by Gasteiger charge is -2.14. The van der Waals surface area contributed by atoms with Crippen LogP contribution in [0, 0.1) is 0 Å². The first-order valence-electron chi connectivity index (χ1n) is 6.32. The lowest BCUT2D eigenvalue weighted by molar-refractivity contribution is -0.144. The SMILES string of the molecule is CC(=O)CC(=O)N(C)C(=O)CCCCc1ccco1. The average Bonchev–Trinajstić information content (AvgIpc) is 2.85. The third-order valence-corrected chi connectivity index (χ3v) is 2.79. The Morgan fingerprint density at radius 2 is 1.95 bits per heavy atom. The van der Waals surface area contributed by atoms with E-state index >= 15 is 0 Å². The molecule has 0 bridgehead atoms. The fourth-order valence-corrected chi connectivity index (χ4v) is 1.67. The van der Waals surface area contributed by atoms with E-state index in [9.17, 15) is 14.4 Å². The molecule has 19 heavy (non-hydrogen) atoms. The highest BCUT2D eigenvalue weighted by Crippen LogP contribution is 2.08. The maximum atomic E-state index is 11.7. The minimum atomic E-state index is -0.441. The maximum Gasteiger partial charge on any atom is 0.236 e. The molecule has 0 aromatic carbocycles. The van der Waals surface area contributed by atoms with Crippen molar-refractivity contribution < 1.29 is 18.8 Å². The molecule has 0 unspecified atom stereocenters. The highest BCUT2D eigenvalue weighted by Gasteiger charge is 2.17. The van der Waals surface area contributed by atoms with Crippen molar-refractivity contribution >= 4 is 17.6 Å². The molecule has 0 N–H and O–H groups in total. The molecule has 5 heteroatoms. The Labute approximate surface area is 112 Å². The van der Waals surface area contributed by atoms with E-state index in [4.69, 9.17) is 4.42 Å². The van der Waals surface area contributed by atoms with Crippen LogP contribution in [0.5, 0.6) is 0 Å². The van der Waals surface area contributed by atoms with Crippen LogP contribution in [0.3, 0.4) is 0 Å². The molecule has 1 heterocycles. The van der Waals surface area contributed by atoms with Crippen LogP contribution >= 0.6 is 0 Å². The Morgan fingerprint density at radius 3 is 2.53 bits per heavy atom. The monoisotopic (exact) mass is 265 g/mol. The third-order valence-electron chi connectivity index (χ3n) is 2.79. The van der Waals surface area contributed by atoms with E-state index in [1.807, 2.05) is 12.1 Å². The van der Waals surface area contributed by atoms with Gasteiger partial charge in [0, 0.05) is 19.9 Å². The fraction of sp³-hybridized carbons (Fsp3) is 0.500. The van der Waals surface area contributed by atoms with E-state index in [0.717, 1.165) is 23.5 Å². The zero-order chi connectivity index (χ0) is 14.3. The molecule has 0 atom stereocenters. The van der Waals surface area contributed by atoms with E-state index in [1.165, 1.54) is 14.0 Å². The summed E-state index contributed by atoms with van der Waals surface area (Å²) in [6, 6.07) is 3.72. The number of rotatable bonds is 7. The molecule has 1 rings (SSSR count). The van der Waals surface area contributed by atoms with Crippen molar-refractivity contribution in [1.82, 2.24) is 4.90 Å². The normalized spacial score (nSPS) is 10.2. The van der Waals surface area contributed by atoms with Gasteiger partial charge in [-0.05, 0) is 31.9 Å². The molecule has 0 saturated carbocycles. The van der Waals surface area contributed by atoms with Gasteiger partial charge in [0.05, 0.1) is 12.7 Å². The van der Waals surface area contributed by atoms with Gasteiger partial charge in [0.15, 0.2) is 0 Å². The molecule has 2 amide bonds. The van der Waals surface area contributed by atoms with Gasteiger partial charge in [-0.2, -0.15) is 0 Å². The number of Topliss-reactive ketones (excluding diaryl/α,β-unsaturated/α-hetero) is 1. The topological polar surface area (TPSA) is 67.6 Å². The average molecular weight is 265 g/mol. The van der Waals surface area contributed by atoms with Gasteiger partial charge in [0.2, 0.25) is 11.8 Å². The van der Waals surface area contributed by atoms with E-state index in [1.54, 1.807) is 6.26 Å². The second-order valence-corrected chi connectivity index (χ2v) is 4.51. The summed E-state index contributed by atoms with van der Waals surface area (Å²) in [5.74, 6) is -0.0230. The fourth-order valence-electron chi connectivity index (χ4n) is 1.67. The predicted octanol–water partition coefficient (Wildman–Crippen LogP) is 1.96. The van der Waals surface area contributed by atoms with Crippen LogP contribution in [-0.4, -0.2) is 29.5 Å². The van der Waals surface area contributed by atoms with Gasteiger partial charge in [-0.3, -0.25) is 19.3 Å². The number of nitrogens with zero attached hydrogens (tertiary/aromatic N) is 1. The van der Waals surface area contributed by atoms with Gasteiger partial charge < -0.3 is 4.42 Å². The number of imide groups is 1. The molecule has 0 saturated heterocycles. The lowest BCUT2D eigenvalue weighted by atomic mass is 10.1. The quantitative estimate of drug-likeness (QED) is 0.558. The van der Waals surface area contributed by atoms with Crippen LogP contribution in [0.25, 0.3) is 0 Å². The summed E-state index contributed by atoms with van der Waals surface area (Å²) in [7, 11) is 1.42. The van der Waals surface area contributed by atoms with Crippen molar-refractivity contribution in [3.05, 3.63) is 24.2 Å². The van der Waals surface area contributed by atoms with Crippen LogP contribution in [0.1, 0.15) is 38.4 Å². The van der Waals surface area contributed by atoms with Crippen LogP contribution in [-0.2, 0) is 20.8 Å². The highest BCUT2D eigenvalue weighted by atomic mass is 16.3. The number of hydrogen-bond acceptors (Lipinski definition) is 4. The first-order chi connectivity index (χ1) is 9.00. The van der Waals surface area contributed by atoms with Crippen molar-refractivity contribution in [2.24, 2.45) is 0 Å². The third kappa shape index (κ3) is 5.50. The van der Waals surface area contributed by atoms with Gasteiger partial charge >= 0.3 is 0 Å². The van der Waals surface area contributed by atoms with E-state index in [2.05, 4.69) is 0 Å². The van der Waals surface area contributed by atoms with Gasteiger partial charge in [0.1, 0.15) is 11.5 Å². The first kappa shape index (κ1) is 15.1. The summed E-state index contributed by atoms with van der Waals surface area (Å²) in [6.45, 7) is 1.33. The van der Waals surface area contributed by atoms with E-state index < -0.39 is 5.91 Å². The zero-order valence-electron chi connectivity index (χ0n) is 11.3. The Kier molecular flexibility index (Phi) is 5.99. The van der Waals surface area contributed by atoms with Crippen molar-refractivity contribution in [1.29, 1.82) is 0 Å². The second-order valence-electron chi connectivity index (χ2n) is 4.51. The van der Waals surface area contributed by atoms with Gasteiger partial charge in [0.25, 0.3) is 0 Å². The summed E-state index contributed by atoms with van der Waals surface area (Å²) < 4.78 is 5.18. The van der Waals surface area contributed by atoms with Crippen molar-refractivity contribution in [2.75, 3.05) is 7.05 Å². The Morgan fingerprint density at radius 1 is 1.21 bits per heavy atom. The minimum absolute atomic E-state index is 0.214. The number of carbonyl (C=O) groups is 3. The summed E-state index contributed by atoms with van der Waals surface area (Å²) >= 11 is 0. The van der Waals surface area contributed by atoms with Crippen LogP contribution in [0.2, 0.25) is 0 Å². The van der Waals surface area contributed by atoms with Crippen molar-refractivity contribution in [3.63, 3.8) is 0 Å². The molecule has 104 valence electrons. The van der Waals surface area contributed by atoms with Crippen molar-refractivity contribution in [3.8, 4) is 0 Å². The minimum Gasteiger partial charge on any atom is -0.469 e. The summed E-state index contributed by atoms with van der Waals surface area (Å²) in [5, 5.41) is 0. The maximum absolute atomic E-state index is 11.7. The van der Waals surface area contributed by atoms with Gasteiger partial charge in [-0.15, -0.1) is 0 Å². The number of furan rings is 1. The highest BCUT2D eigenvalue weighted by molar-refractivity contribution is 6.03. The number of ketones is 1. The number of amides is 2. The molecule has 0 fully saturated rings. The molecular formula is C14H19NO4. The molecule has 0 radical (unpaired) electrons. The number of carbonyl (C=O) groups excluding carboxylic acids is 3. The van der Waals surface area contributed by atoms with Gasteiger partial charge in [-0.1, -0.05) is 0 Å². The molecule has 5 nitrogen and oxygen atoms in total. The predicted molar refractivity (Wildman–Crippen MR) is 69.3 cm³/mol. The van der Waals surface area contributed by atoms with Crippen LogP contribution in [0.4, 0.5) is 0 Å². The Bertz CT molecular complexity index is 436. The summed E-state index contributed by atoms with van der Waals surface area (Å²) in [5.41, 5.74) is 0. The Hall–Kier alpha value is -1.91. The molecule has 0 spiro atoms. The molecule has 1 aromatic heterocycles. The van der Waals surface area contributed by atoms with E-state index in [-0.39, 0.29) is 18.1 Å². The van der Waals surface area contributed by atoms with Crippen molar-refractivity contribution in [2.45, 2.75) is 39.0 Å². The van der Waals surface area contributed by atoms with Gasteiger partial charge in [-0.25, -0.2) is 0 Å². The number of aryl methyl sites for hydroxylation is 1. The number of unbranched alkanes of at least 4 members (excludes halogenated alkanes) is 1. The lowest BCUT2D eigenvalue weighted by Crippen LogP contribution is -2.33. The molecular weight excluding hydrogens is 246 g/mol. The molecule has 0 aliphatic heterocycles. The molecule has 1 aromatic rings. The second kappa shape index (κ2) is 7.51. The van der Waals surface area contributed by atoms with Crippen LogP contribution in [0.15, 0.2) is 22.8 Å². The molecule has 0 aliphatic carbocycles.